The number of aromatic nitrogens is 2. The Hall–Kier alpha value is -1.53. The Kier molecular flexibility index (Phi) is 3.88. The fraction of sp³-hybridized carbons (Fsp3) is 0.0833. The van der Waals surface area contributed by atoms with E-state index in [1.807, 2.05) is 30.3 Å². The van der Waals surface area contributed by atoms with Gasteiger partial charge < -0.3 is 9.72 Å². The van der Waals surface area contributed by atoms with Crippen molar-refractivity contribution >= 4 is 34.1 Å². The molecular formula is C12H9BrN2O2S. The molecule has 4 nitrogen and oxygen atoms in total. The maximum Gasteiger partial charge on any atom is 0.374 e. The smallest absolute Gasteiger partial charge is 0.374 e. The van der Waals surface area contributed by atoms with Crippen LogP contribution in [0.2, 0.25) is 0 Å². The second-order valence-electron chi connectivity index (χ2n) is 3.44. The lowest BCUT2D eigenvalue weighted by Crippen LogP contribution is -2.08. The van der Waals surface area contributed by atoms with Gasteiger partial charge in [0.05, 0.1) is 17.3 Å². The van der Waals surface area contributed by atoms with Gasteiger partial charge in [0.15, 0.2) is 0 Å². The van der Waals surface area contributed by atoms with Crippen LogP contribution in [0.3, 0.4) is 0 Å². The van der Waals surface area contributed by atoms with E-state index in [2.05, 4.69) is 30.6 Å². The molecule has 0 atom stereocenters. The van der Waals surface area contributed by atoms with Crippen LogP contribution < -0.4 is 0 Å². The number of rotatable bonds is 2. The highest BCUT2D eigenvalue weighted by Crippen LogP contribution is 2.26. The second kappa shape index (κ2) is 5.41. The van der Waals surface area contributed by atoms with Crippen LogP contribution in [0.25, 0.3) is 11.3 Å². The minimum atomic E-state index is -0.550. The van der Waals surface area contributed by atoms with Gasteiger partial charge in [-0.05, 0) is 21.5 Å². The molecule has 0 fully saturated rings. The van der Waals surface area contributed by atoms with Crippen LogP contribution in [-0.4, -0.2) is 23.0 Å². The number of methoxy groups -OCH3 is 1. The number of carbonyl (C=O) groups is 1. The predicted octanol–water partition coefficient (Wildman–Crippen LogP) is 3.36. The number of carbonyl (C=O) groups excluding carboxylic acids is 1. The van der Waals surface area contributed by atoms with Gasteiger partial charge in [-0.15, -0.1) is 0 Å². The first-order chi connectivity index (χ1) is 8.63. The summed E-state index contributed by atoms with van der Waals surface area (Å²) in [7, 11) is 1.30. The van der Waals surface area contributed by atoms with Crippen molar-refractivity contribution in [3.8, 4) is 11.3 Å². The van der Waals surface area contributed by atoms with Crippen molar-refractivity contribution in [2.24, 2.45) is 0 Å². The number of hydrogen-bond acceptors (Lipinski definition) is 4. The number of halogens is 1. The van der Waals surface area contributed by atoms with Crippen molar-refractivity contribution in [3.63, 3.8) is 0 Å². The molecule has 2 rings (SSSR count). The van der Waals surface area contributed by atoms with E-state index >= 15 is 0 Å². The van der Waals surface area contributed by atoms with Crippen molar-refractivity contribution in [1.29, 1.82) is 0 Å². The van der Waals surface area contributed by atoms with Gasteiger partial charge in [-0.25, -0.2) is 9.78 Å². The largest absolute Gasteiger partial charge is 0.463 e. The van der Waals surface area contributed by atoms with Gasteiger partial charge in [0, 0.05) is 0 Å². The van der Waals surface area contributed by atoms with Gasteiger partial charge in [0.25, 0.3) is 0 Å². The fourth-order valence-corrected chi connectivity index (χ4v) is 2.07. The molecule has 1 N–H and O–H groups in total. The van der Waals surface area contributed by atoms with E-state index in [0.717, 1.165) is 5.56 Å². The molecule has 1 heterocycles. The molecule has 6 heteroatoms. The summed E-state index contributed by atoms with van der Waals surface area (Å²) in [5.41, 5.74) is 1.61. The minimum Gasteiger partial charge on any atom is -0.463 e. The number of nitrogens with zero attached hydrogens (tertiary/aromatic N) is 1. The number of hydrogen-bond donors (Lipinski definition) is 1. The summed E-state index contributed by atoms with van der Waals surface area (Å²) in [5, 5.41) is 0. The first-order valence-corrected chi connectivity index (χ1v) is 6.27. The molecule has 0 bridgehead atoms. The molecule has 0 aliphatic carbocycles. The molecule has 0 spiro atoms. The van der Waals surface area contributed by atoms with Crippen molar-refractivity contribution < 1.29 is 9.53 Å². The number of H-pyrrole nitrogens is 1. The van der Waals surface area contributed by atoms with Crippen LogP contribution in [-0.2, 0) is 4.74 Å². The quantitative estimate of drug-likeness (QED) is 0.679. The van der Waals surface area contributed by atoms with E-state index in [9.17, 15) is 4.79 Å². The summed E-state index contributed by atoms with van der Waals surface area (Å²) in [5.74, 6) is -0.463. The van der Waals surface area contributed by atoms with Crippen LogP contribution in [0.15, 0.2) is 34.8 Å². The number of ether oxygens (including phenoxy) is 1. The van der Waals surface area contributed by atoms with Crippen molar-refractivity contribution in [2.75, 3.05) is 7.11 Å². The van der Waals surface area contributed by atoms with Crippen molar-refractivity contribution in [3.05, 3.63) is 45.3 Å². The highest BCUT2D eigenvalue weighted by Gasteiger charge is 2.13. The third-order valence-electron chi connectivity index (χ3n) is 2.31. The maximum absolute atomic E-state index is 11.5. The monoisotopic (exact) mass is 324 g/mol. The zero-order valence-corrected chi connectivity index (χ0v) is 11.8. The number of nitrogens with one attached hydrogen (secondary N) is 1. The summed E-state index contributed by atoms with van der Waals surface area (Å²) in [6.45, 7) is 0. The van der Waals surface area contributed by atoms with Gasteiger partial charge in [-0.2, -0.15) is 0 Å². The van der Waals surface area contributed by atoms with Gasteiger partial charge in [-0.1, -0.05) is 42.5 Å². The molecular weight excluding hydrogens is 316 g/mol. The normalized spacial score (nSPS) is 10.1. The SMILES string of the molecule is COC(=O)c1nc(=S)c(Br)c(-c2ccccc2)[nH]1. The molecule has 0 amide bonds. The van der Waals surface area contributed by atoms with Gasteiger partial charge in [-0.3, -0.25) is 0 Å². The molecule has 2 aromatic rings. The van der Waals surface area contributed by atoms with Crippen molar-refractivity contribution in [2.45, 2.75) is 0 Å². The standard InChI is InChI=1S/C12H9BrN2O2S/c1-17-12(16)10-14-9(8(13)11(18)15-10)7-5-3-2-4-6-7/h2-6H,1H3,(H,14,15,18). The summed E-state index contributed by atoms with van der Waals surface area (Å²) in [6, 6.07) is 9.53. The zero-order valence-electron chi connectivity index (χ0n) is 9.44. The predicted molar refractivity (Wildman–Crippen MR) is 73.9 cm³/mol. The van der Waals surface area contributed by atoms with E-state index in [4.69, 9.17) is 12.2 Å². The highest BCUT2D eigenvalue weighted by atomic mass is 79.9. The molecule has 18 heavy (non-hydrogen) atoms. The summed E-state index contributed by atoms with van der Waals surface area (Å²) in [6.07, 6.45) is 0. The Balaban J connectivity index is 2.64. The third-order valence-corrected chi connectivity index (χ3v) is 3.64. The Morgan fingerprint density at radius 1 is 1.39 bits per heavy atom. The van der Waals surface area contributed by atoms with E-state index in [0.29, 0.717) is 14.8 Å². The van der Waals surface area contributed by atoms with E-state index < -0.39 is 5.97 Å². The Labute approximate surface area is 117 Å². The molecule has 0 aliphatic rings. The van der Waals surface area contributed by atoms with E-state index in [1.165, 1.54) is 7.11 Å². The fourth-order valence-electron chi connectivity index (χ4n) is 1.46. The molecule has 0 saturated carbocycles. The zero-order chi connectivity index (χ0) is 13.1. The molecule has 92 valence electrons. The average Bonchev–Trinajstić information content (AvgIpc) is 2.41. The molecule has 0 aliphatic heterocycles. The number of benzene rings is 1. The third kappa shape index (κ3) is 2.49. The van der Waals surface area contributed by atoms with Gasteiger partial charge in [0.1, 0.15) is 4.64 Å². The van der Waals surface area contributed by atoms with Crippen LogP contribution in [0.5, 0.6) is 0 Å². The second-order valence-corrected chi connectivity index (χ2v) is 4.62. The summed E-state index contributed by atoms with van der Waals surface area (Å²) < 4.78 is 5.59. The maximum atomic E-state index is 11.5. The van der Waals surface area contributed by atoms with E-state index in [-0.39, 0.29) is 5.82 Å². The Morgan fingerprint density at radius 2 is 2.06 bits per heavy atom. The molecule has 0 saturated heterocycles. The molecule has 0 unspecified atom stereocenters. The molecule has 1 aromatic heterocycles. The molecule has 1 aromatic carbocycles. The lowest BCUT2D eigenvalue weighted by Gasteiger charge is -2.07. The Morgan fingerprint density at radius 3 is 2.67 bits per heavy atom. The number of aromatic amines is 1. The van der Waals surface area contributed by atoms with Crippen LogP contribution >= 0.6 is 28.1 Å². The number of esters is 1. The van der Waals surface area contributed by atoms with Gasteiger partial charge in [0.2, 0.25) is 5.82 Å². The summed E-state index contributed by atoms with van der Waals surface area (Å²) >= 11 is 8.48. The lowest BCUT2D eigenvalue weighted by atomic mass is 10.1. The molecule has 0 radical (unpaired) electrons. The average molecular weight is 325 g/mol. The van der Waals surface area contributed by atoms with Crippen LogP contribution in [0, 0.1) is 4.64 Å². The van der Waals surface area contributed by atoms with Crippen LogP contribution in [0.1, 0.15) is 10.6 Å². The minimum absolute atomic E-state index is 0.0875. The highest BCUT2D eigenvalue weighted by molar-refractivity contribution is 9.10. The first kappa shape index (κ1) is 12.9. The lowest BCUT2D eigenvalue weighted by molar-refractivity contribution is 0.0586. The van der Waals surface area contributed by atoms with E-state index in [1.54, 1.807) is 0 Å². The summed E-state index contributed by atoms with van der Waals surface area (Å²) in [4.78, 5) is 18.4. The Bertz CT molecular complexity index is 640. The first-order valence-electron chi connectivity index (χ1n) is 5.07. The van der Waals surface area contributed by atoms with Gasteiger partial charge >= 0.3 is 5.97 Å². The topological polar surface area (TPSA) is 55.0 Å². The van der Waals surface area contributed by atoms with Crippen molar-refractivity contribution in [1.82, 2.24) is 9.97 Å². The van der Waals surface area contributed by atoms with Crippen LogP contribution in [0.4, 0.5) is 0 Å².